The first-order valence-corrected chi connectivity index (χ1v) is 14.5. The van der Waals surface area contributed by atoms with Gasteiger partial charge in [0.2, 0.25) is 9.76 Å². The molecule has 1 saturated heterocycles. The number of methoxy groups -OCH3 is 1. The van der Waals surface area contributed by atoms with Crippen molar-refractivity contribution in [1.82, 2.24) is 14.8 Å². The Morgan fingerprint density at radius 1 is 1.00 bits per heavy atom. The van der Waals surface area contributed by atoms with Gasteiger partial charge in [-0.15, -0.1) is 0 Å². The van der Waals surface area contributed by atoms with Gasteiger partial charge in [-0.3, -0.25) is 0 Å². The first kappa shape index (κ1) is 29.7. The standard InChI is InChI=1S/C29H42BN3O5Si/c1-26(2,3)39-38-27(4,5)24-13-11-14-25(32-24)33-22-17-20(30-36-28(6,7)29(8,9)37-30)18-23(21(22)19-31-33)35-16-12-15-34-10/h11,13-14,17-19H,12,15-16H2,1-10H3. The van der Waals surface area contributed by atoms with Crippen LogP contribution >= 0.6 is 0 Å². The van der Waals surface area contributed by atoms with Crippen LogP contribution in [-0.2, 0) is 24.1 Å². The summed E-state index contributed by atoms with van der Waals surface area (Å²) in [5, 5.41) is 5.71. The molecule has 1 aliphatic rings. The van der Waals surface area contributed by atoms with Crippen molar-refractivity contribution in [3.8, 4) is 11.6 Å². The van der Waals surface area contributed by atoms with E-state index in [-0.39, 0.29) is 5.04 Å². The van der Waals surface area contributed by atoms with Gasteiger partial charge in [0.15, 0.2) is 5.82 Å². The lowest BCUT2D eigenvalue weighted by atomic mass is 9.78. The summed E-state index contributed by atoms with van der Waals surface area (Å²) in [4.78, 5) is 4.99. The predicted octanol–water partition coefficient (Wildman–Crippen LogP) is 5.22. The van der Waals surface area contributed by atoms with Gasteiger partial charge in [-0.2, -0.15) is 5.10 Å². The van der Waals surface area contributed by atoms with Gasteiger partial charge in [0.25, 0.3) is 0 Å². The van der Waals surface area contributed by atoms with Crippen LogP contribution < -0.4 is 10.2 Å². The second-order valence-electron chi connectivity index (χ2n) is 12.6. The molecule has 2 aromatic heterocycles. The van der Waals surface area contributed by atoms with Crippen LogP contribution in [-0.4, -0.2) is 63.2 Å². The van der Waals surface area contributed by atoms with Gasteiger partial charge < -0.3 is 23.2 Å². The zero-order valence-electron chi connectivity index (χ0n) is 25.0. The molecule has 0 amide bonds. The van der Waals surface area contributed by atoms with Crippen LogP contribution in [0.5, 0.6) is 5.75 Å². The number of nitrogens with zero attached hydrogens (tertiary/aromatic N) is 3. The Morgan fingerprint density at radius 3 is 2.33 bits per heavy atom. The summed E-state index contributed by atoms with van der Waals surface area (Å²) in [6.45, 7) is 20.0. The van der Waals surface area contributed by atoms with Crippen LogP contribution in [0.3, 0.4) is 0 Å². The summed E-state index contributed by atoms with van der Waals surface area (Å²) in [5.74, 6) is 1.43. The number of fused-ring (bicyclic) bond motifs is 1. The van der Waals surface area contributed by atoms with Crippen molar-refractivity contribution >= 4 is 33.2 Å². The highest BCUT2D eigenvalue weighted by Gasteiger charge is 2.52. The summed E-state index contributed by atoms with van der Waals surface area (Å²) in [5.41, 5.74) is 1.12. The average molecular weight is 552 g/mol. The smallest absolute Gasteiger partial charge is 0.493 e. The quantitative estimate of drug-likeness (QED) is 0.253. The minimum atomic E-state index is -0.547. The molecular weight excluding hydrogens is 509 g/mol. The molecule has 0 aliphatic carbocycles. The molecule has 2 radical (unpaired) electrons. The summed E-state index contributed by atoms with van der Waals surface area (Å²) in [7, 11) is 1.51. The van der Waals surface area contributed by atoms with Gasteiger partial charge in [0.1, 0.15) is 5.75 Å². The first-order valence-electron chi connectivity index (χ1n) is 13.6. The van der Waals surface area contributed by atoms with E-state index in [9.17, 15) is 0 Å². The van der Waals surface area contributed by atoms with E-state index in [1.807, 2.05) is 35.1 Å². The van der Waals surface area contributed by atoms with Crippen molar-refractivity contribution in [2.75, 3.05) is 20.3 Å². The van der Waals surface area contributed by atoms with Crippen LogP contribution in [0.2, 0.25) is 5.04 Å². The Morgan fingerprint density at radius 2 is 1.69 bits per heavy atom. The molecule has 3 heterocycles. The van der Waals surface area contributed by atoms with E-state index in [4.69, 9.17) is 33.3 Å². The third-order valence-electron chi connectivity index (χ3n) is 7.13. The van der Waals surface area contributed by atoms with Crippen LogP contribution in [0.25, 0.3) is 16.7 Å². The zero-order chi connectivity index (χ0) is 28.6. The highest BCUT2D eigenvalue weighted by atomic mass is 28.2. The number of ether oxygens (including phenoxy) is 2. The van der Waals surface area contributed by atoms with E-state index in [1.54, 1.807) is 7.11 Å². The lowest BCUT2D eigenvalue weighted by Crippen LogP contribution is -2.41. The van der Waals surface area contributed by atoms with Crippen molar-refractivity contribution < 1.29 is 23.2 Å². The molecule has 8 nitrogen and oxygen atoms in total. The van der Waals surface area contributed by atoms with Crippen molar-refractivity contribution in [2.24, 2.45) is 0 Å². The van der Waals surface area contributed by atoms with E-state index in [0.29, 0.717) is 28.8 Å². The minimum absolute atomic E-state index is 0.0800. The molecule has 1 aliphatic heterocycles. The van der Waals surface area contributed by atoms with Gasteiger partial charge in [-0.05, 0) is 76.3 Å². The molecule has 1 fully saturated rings. The summed E-state index contributed by atoms with van der Waals surface area (Å²) in [6.07, 6.45) is 2.60. The molecule has 0 atom stereocenters. The molecule has 0 N–H and O–H groups in total. The predicted molar refractivity (Wildman–Crippen MR) is 156 cm³/mol. The Labute approximate surface area is 235 Å². The van der Waals surface area contributed by atoms with E-state index < -0.39 is 23.9 Å². The fourth-order valence-corrected chi connectivity index (χ4v) is 4.79. The number of pyridine rings is 1. The maximum atomic E-state index is 6.38. The largest absolute Gasteiger partial charge is 0.495 e. The molecule has 210 valence electrons. The van der Waals surface area contributed by atoms with Gasteiger partial charge in [0, 0.05) is 20.1 Å². The van der Waals surface area contributed by atoms with Crippen LogP contribution in [0, 0.1) is 0 Å². The van der Waals surface area contributed by atoms with Crippen molar-refractivity contribution in [1.29, 1.82) is 0 Å². The van der Waals surface area contributed by atoms with Gasteiger partial charge in [-0.1, -0.05) is 26.8 Å². The normalized spacial score (nSPS) is 17.2. The lowest BCUT2D eigenvalue weighted by Gasteiger charge is -2.32. The minimum Gasteiger partial charge on any atom is -0.493 e. The van der Waals surface area contributed by atoms with E-state index in [0.717, 1.165) is 34.2 Å². The third kappa shape index (κ3) is 6.57. The molecule has 0 saturated carbocycles. The Hall–Kier alpha value is -2.24. The SMILES string of the molecule is COCCCOc1cc(B2OC(C)(C)C(C)(C)O2)cc2c1cnn2-c1cccc(C(C)(C)O[Si]C(C)(C)C)n1. The van der Waals surface area contributed by atoms with Crippen molar-refractivity contribution in [2.45, 2.75) is 90.6 Å². The average Bonchev–Trinajstić information content (AvgIpc) is 3.37. The van der Waals surface area contributed by atoms with E-state index in [2.05, 4.69) is 68.4 Å². The number of hydrogen-bond donors (Lipinski definition) is 0. The topological polar surface area (TPSA) is 76.9 Å². The monoisotopic (exact) mass is 551 g/mol. The van der Waals surface area contributed by atoms with Crippen LogP contribution in [0.15, 0.2) is 36.5 Å². The summed E-state index contributed by atoms with van der Waals surface area (Å²) < 4.78 is 32.4. The molecule has 0 bridgehead atoms. The fourth-order valence-electron chi connectivity index (χ4n) is 4.13. The number of benzene rings is 1. The molecule has 10 heteroatoms. The van der Waals surface area contributed by atoms with Crippen molar-refractivity contribution in [3.05, 3.63) is 42.2 Å². The third-order valence-corrected chi connectivity index (χ3v) is 8.35. The van der Waals surface area contributed by atoms with Crippen molar-refractivity contribution in [3.63, 3.8) is 0 Å². The molecule has 39 heavy (non-hydrogen) atoms. The molecule has 1 aromatic carbocycles. The summed E-state index contributed by atoms with van der Waals surface area (Å²) in [6, 6.07) is 10.0. The second kappa shape index (κ2) is 11.0. The maximum Gasteiger partial charge on any atom is 0.495 e. The van der Waals surface area contributed by atoms with E-state index in [1.165, 1.54) is 0 Å². The van der Waals surface area contributed by atoms with Crippen LogP contribution in [0.4, 0.5) is 0 Å². The molecule has 0 unspecified atom stereocenters. The highest BCUT2D eigenvalue weighted by Crippen LogP contribution is 2.37. The first-order chi connectivity index (χ1) is 18.1. The fraction of sp³-hybridized carbons (Fsp3) is 0.586. The lowest BCUT2D eigenvalue weighted by molar-refractivity contribution is 0.00578. The Balaban J connectivity index is 1.75. The van der Waals surface area contributed by atoms with Crippen LogP contribution in [0.1, 0.15) is 74.4 Å². The van der Waals surface area contributed by atoms with Gasteiger partial charge in [-0.25, -0.2) is 9.67 Å². The number of hydrogen-bond acceptors (Lipinski definition) is 7. The Kier molecular flexibility index (Phi) is 8.37. The molecule has 4 rings (SSSR count). The Bertz CT molecular complexity index is 1290. The molecule has 3 aromatic rings. The van der Waals surface area contributed by atoms with Gasteiger partial charge in [0.05, 0.1) is 46.2 Å². The second-order valence-corrected chi connectivity index (χ2v) is 14.5. The summed E-state index contributed by atoms with van der Waals surface area (Å²) >= 11 is 0. The molecular formula is C29H42BN3O5Si. The maximum absolute atomic E-state index is 6.38. The van der Waals surface area contributed by atoms with E-state index >= 15 is 0 Å². The number of rotatable bonds is 10. The van der Waals surface area contributed by atoms with Gasteiger partial charge >= 0.3 is 7.12 Å². The molecule has 0 spiro atoms. The zero-order valence-corrected chi connectivity index (χ0v) is 26.0. The number of aromatic nitrogens is 3. The highest BCUT2D eigenvalue weighted by molar-refractivity contribution is 6.62.